The Morgan fingerprint density at radius 1 is 1.47 bits per heavy atom. The summed E-state index contributed by atoms with van der Waals surface area (Å²) in [6.45, 7) is 0.674. The van der Waals surface area contributed by atoms with Gasteiger partial charge in [-0.25, -0.2) is 4.79 Å². The Bertz CT molecular complexity index is 521. The molecule has 0 fully saturated rings. The van der Waals surface area contributed by atoms with E-state index in [-0.39, 0.29) is 0 Å². The topological polar surface area (TPSA) is 65.6 Å². The third kappa shape index (κ3) is 2.50. The number of fused-ring (bicyclic) bond motifs is 1. The highest BCUT2D eigenvalue weighted by Gasteiger charge is 2.06. The molecule has 1 heterocycles. The van der Waals surface area contributed by atoms with Crippen LogP contribution in [0.1, 0.15) is 0 Å². The number of H-pyrrole nitrogens is 1. The normalized spacial score (nSPS) is 10.4. The molecule has 1 amide bonds. The van der Waals surface area contributed by atoms with E-state index in [1.807, 2.05) is 30.5 Å². The number of carboxylic acid groups (broad SMARTS) is 1. The van der Waals surface area contributed by atoms with Gasteiger partial charge in [-0.1, -0.05) is 12.1 Å². The van der Waals surface area contributed by atoms with Gasteiger partial charge in [0.25, 0.3) is 0 Å². The quantitative estimate of drug-likeness (QED) is 0.851. The first-order chi connectivity index (χ1) is 8.18. The van der Waals surface area contributed by atoms with Crippen molar-refractivity contribution in [3.05, 3.63) is 30.5 Å². The third-order valence-corrected chi connectivity index (χ3v) is 2.56. The number of aromatic amines is 1. The molecule has 0 saturated heterocycles. The number of nitrogens with zero attached hydrogens (tertiary/aromatic N) is 1. The van der Waals surface area contributed by atoms with Crippen LogP contribution in [-0.4, -0.2) is 41.3 Å². The van der Waals surface area contributed by atoms with Crippen molar-refractivity contribution in [2.75, 3.05) is 20.2 Å². The highest BCUT2D eigenvalue weighted by atomic mass is 16.5. The highest BCUT2D eigenvalue weighted by Crippen LogP contribution is 2.23. The van der Waals surface area contributed by atoms with Gasteiger partial charge in [-0.3, -0.25) is 0 Å². The summed E-state index contributed by atoms with van der Waals surface area (Å²) in [4.78, 5) is 14.9. The minimum absolute atomic E-state index is 0.334. The fourth-order valence-electron chi connectivity index (χ4n) is 1.56. The number of amides is 1. The molecule has 0 unspecified atom stereocenters. The number of benzene rings is 1. The van der Waals surface area contributed by atoms with Crippen LogP contribution in [0.3, 0.4) is 0 Å². The van der Waals surface area contributed by atoms with E-state index < -0.39 is 6.09 Å². The zero-order chi connectivity index (χ0) is 12.3. The minimum atomic E-state index is -0.952. The van der Waals surface area contributed by atoms with Crippen LogP contribution < -0.4 is 4.74 Å². The average molecular weight is 234 g/mol. The molecular weight excluding hydrogens is 220 g/mol. The van der Waals surface area contributed by atoms with Crippen LogP contribution in [0, 0.1) is 0 Å². The molecule has 90 valence electrons. The molecule has 0 atom stereocenters. The maximum Gasteiger partial charge on any atom is 0.407 e. The smallest absolute Gasteiger partial charge is 0.407 e. The van der Waals surface area contributed by atoms with Gasteiger partial charge in [0.1, 0.15) is 12.4 Å². The third-order valence-electron chi connectivity index (χ3n) is 2.56. The first-order valence-corrected chi connectivity index (χ1v) is 5.31. The summed E-state index contributed by atoms with van der Waals surface area (Å²) in [5, 5.41) is 9.76. The summed E-state index contributed by atoms with van der Waals surface area (Å²) < 4.78 is 5.56. The fraction of sp³-hybridized carbons (Fsp3) is 0.250. The standard InChI is InChI=1S/C12H14N2O3/c1-14(12(15)16)7-8-17-10-4-2-3-9-5-6-13-11(9)10/h2-6,13H,7-8H2,1H3,(H,15,16). The number of hydrogen-bond acceptors (Lipinski definition) is 2. The highest BCUT2D eigenvalue weighted by molar-refractivity contribution is 5.85. The number of para-hydroxylation sites is 1. The second-order valence-corrected chi connectivity index (χ2v) is 3.75. The van der Waals surface area contributed by atoms with Crippen molar-refractivity contribution in [2.24, 2.45) is 0 Å². The predicted molar refractivity (Wildman–Crippen MR) is 64.4 cm³/mol. The Hall–Kier alpha value is -2.17. The molecule has 2 N–H and O–H groups in total. The van der Waals surface area contributed by atoms with Crippen LogP contribution in [0.25, 0.3) is 10.9 Å². The molecule has 0 radical (unpaired) electrons. The van der Waals surface area contributed by atoms with Gasteiger partial charge in [0.05, 0.1) is 12.1 Å². The van der Waals surface area contributed by atoms with E-state index in [4.69, 9.17) is 9.84 Å². The lowest BCUT2D eigenvalue weighted by Crippen LogP contribution is -2.29. The van der Waals surface area contributed by atoms with Gasteiger partial charge in [0.2, 0.25) is 0 Å². The SMILES string of the molecule is CN(CCOc1cccc2cc[nH]c12)C(=O)O. The molecule has 5 heteroatoms. The summed E-state index contributed by atoms with van der Waals surface area (Å²) in [5.41, 5.74) is 0.936. The van der Waals surface area contributed by atoms with E-state index in [9.17, 15) is 4.79 Å². The summed E-state index contributed by atoms with van der Waals surface area (Å²) in [7, 11) is 1.51. The van der Waals surface area contributed by atoms with Crippen molar-refractivity contribution in [1.29, 1.82) is 0 Å². The molecule has 1 aromatic heterocycles. The van der Waals surface area contributed by atoms with Crippen LogP contribution in [0.5, 0.6) is 5.75 Å². The molecular formula is C12H14N2O3. The van der Waals surface area contributed by atoms with Gasteiger partial charge in [-0.05, 0) is 12.1 Å². The molecule has 2 aromatic rings. The maximum absolute atomic E-state index is 10.6. The van der Waals surface area contributed by atoms with Crippen molar-refractivity contribution in [1.82, 2.24) is 9.88 Å². The number of nitrogens with one attached hydrogen (secondary N) is 1. The molecule has 1 aromatic carbocycles. The Morgan fingerprint density at radius 3 is 3.06 bits per heavy atom. The van der Waals surface area contributed by atoms with E-state index in [1.54, 1.807) is 0 Å². The van der Waals surface area contributed by atoms with Crippen molar-refractivity contribution in [3.8, 4) is 5.75 Å². The number of rotatable bonds is 4. The second-order valence-electron chi connectivity index (χ2n) is 3.75. The molecule has 0 aliphatic heterocycles. The van der Waals surface area contributed by atoms with Crippen molar-refractivity contribution in [2.45, 2.75) is 0 Å². The Kier molecular flexibility index (Phi) is 3.18. The number of likely N-dealkylation sites (N-methyl/N-ethyl adjacent to an activating group) is 1. The summed E-state index contributed by atoms with van der Waals surface area (Å²) in [6.07, 6.45) is 0.896. The van der Waals surface area contributed by atoms with Crippen LogP contribution in [-0.2, 0) is 0 Å². The summed E-state index contributed by atoms with van der Waals surface area (Å²) in [5.74, 6) is 0.742. The first kappa shape index (κ1) is 11.3. The van der Waals surface area contributed by atoms with Crippen molar-refractivity contribution < 1.29 is 14.6 Å². The van der Waals surface area contributed by atoms with Crippen LogP contribution in [0.2, 0.25) is 0 Å². The fourth-order valence-corrected chi connectivity index (χ4v) is 1.56. The Balaban J connectivity index is 1.99. The monoisotopic (exact) mass is 234 g/mol. The molecule has 5 nitrogen and oxygen atoms in total. The van der Waals surface area contributed by atoms with E-state index >= 15 is 0 Å². The van der Waals surface area contributed by atoms with Gasteiger partial charge in [-0.2, -0.15) is 0 Å². The predicted octanol–water partition coefficient (Wildman–Crippen LogP) is 2.16. The molecule has 0 bridgehead atoms. The zero-order valence-electron chi connectivity index (χ0n) is 9.51. The molecule has 0 aliphatic carbocycles. The minimum Gasteiger partial charge on any atom is -0.490 e. The number of carbonyl (C=O) groups is 1. The zero-order valence-corrected chi connectivity index (χ0v) is 9.51. The van der Waals surface area contributed by atoms with Crippen molar-refractivity contribution >= 4 is 17.0 Å². The summed E-state index contributed by atoms with van der Waals surface area (Å²) >= 11 is 0. The Labute approximate surface area is 98.6 Å². The molecule has 17 heavy (non-hydrogen) atoms. The van der Waals surface area contributed by atoms with Gasteiger partial charge >= 0.3 is 6.09 Å². The van der Waals surface area contributed by atoms with Crippen LogP contribution in [0.15, 0.2) is 30.5 Å². The second kappa shape index (κ2) is 4.78. The van der Waals surface area contributed by atoms with Crippen molar-refractivity contribution in [3.63, 3.8) is 0 Å². The lowest BCUT2D eigenvalue weighted by Gasteiger charge is -2.13. The van der Waals surface area contributed by atoms with E-state index in [0.29, 0.717) is 13.2 Å². The van der Waals surface area contributed by atoms with Crippen LogP contribution in [0.4, 0.5) is 4.79 Å². The maximum atomic E-state index is 10.6. The lowest BCUT2D eigenvalue weighted by molar-refractivity contribution is 0.147. The van der Waals surface area contributed by atoms with Gasteiger partial charge in [0.15, 0.2) is 0 Å². The number of hydrogen-bond donors (Lipinski definition) is 2. The summed E-state index contributed by atoms with van der Waals surface area (Å²) in [6, 6.07) is 7.72. The average Bonchev–Trinajstić information content (AvgIpc) is 2.77. The molecule has 0 aliphatic rings. The number of aromatic nitrogens is 1. The van der Waals surface area contributed by atoms with E-state index in [2.05, 4.69) is 4.98 Å². The number of ether oxygens (including phenoxy) is 1. The molecule has 0 spiro atoms. The Morgan fingerprint density at radius 2 is 2.29 bits per heavy atom. The molecule has 0 saturated carbocycles. The van der Waals surface area contributed by atoms with Gasteiger partial charge < -0.3 is 19.7 Å². The van der Waals surface area contributed by atoms with E-state index in [0.717, 1.165) is 16.7 Å². The molecule has 2 rings (SSSR count). The van der Waals surface area contributed by atoms with Crippen LogP contribution >= 0.6 is 0 Å². The first-order valence-electron chi connectivity index (χ1n) is 5.31. The van der Waals surface area contributed by atoms with Gasteiger partial charge in [0, 0.05) is 18.6 Å². The largest absolute Gasteiger partial charge is 0.490 e. The van der Waals surface area contributed by atoms with E-state index in [1.165, 1.54) is 11.9 Å². The lowest BCUT2D eigenvalue weighted by atomic mass is 10.2. The van der Waals surface area contributed by atoms with Gasteiger partial charge in [-0.15, -0.1) is 0 Å².